The molecular formula is C18H15F3N2O3. The molecular weight excluding hydrogens is 349 g/mol. The number of hydrogen-bond acceptors (Lipinski definition) is 3. The van der Waals surface area contributed by atoms with Gasteiger partial charge in [0, 0.05) is 19.2 Å². The molecule has 2 aromatic carbocycles. The van der Waals surface area contributed by atoms with Gasteiger partial charge in [-0.15, -0.1) is 0 Å². The summed E-state index contributed by atoms with van der Waals surface area (Å²) in [6, 6.07) is 9.62. The van der Waals surface area contributed by atoms with Crippen molar-refractivity contribution in [1.82, 2.24) is 4.90 Å². The first-order valence-corrected chi connectivity index (χ1v) is 7.73. The van der Waals surface area contributed by atoms with Crippen molar-refractivity contribution in [3.63, 3.8) is 0 Å². The van der Waals surface area contributed by atoms with Crippen LogP contribution in [0.2, 0.25) is 0 Å². The van der Waals surface area contributed by atoms with Gasteiger partial charge in [0.2, 0.25) is 0 Å². The summed E-state index contributed by atoms with van der Waals surface area (Å²) in [5.74, 6) is -0.401. The number of nitrogens with one attached hydrogen (secondary N) is 1. The van der Waals surface area contributed by atoms with Crippen LogP contribution in [-0.2, 0) is 17.5 Å². The van der Waals surface area contributed by atoms with Crippen LogP contribution >= 0.6 is 0 Å². The number of hydrogen-bond donors (Lipinski definition) is 1. The lowest BCUT2D eigenvalue weighted by atomic mass is 10.1. The van der Waals surface area contributed by atoms with Gasteiger partial charge in [0.25, 0.3) is 11.8 Å². The summed E-state index contributed by atoms with van der Waals surface area (Å²) in [6.45, 7) is -0.345. The number of fused-ring (bicyclic) bond motifs is 1. The Hall–Kier alpha value is -3.03. The second kappa shape index (κ2) is 6.70. The number of nitrogens with zero attached hydrogens (tertiary/aromatic N) is 1. The van der Waals surface area contributed by atoms with Crippen molar-refractivity contribution in [1.29, 1.82) is 0 Å². The third kappa shape index (κ3) is 3.63. The number of carbonyl (C=O) groups is 2. The van der Waals surface area contributed by atoms with Gasteiger partial charge in [-0.2, -0.15) is 13.2 Å². The maximum atomic E-state index is 13.1. The van der Waals surface area contributed by atoms with Crippen molar-refractivity contribution < 1.29 is 27.5 Å². The van der Waals surface area contributed by atoms with Crippen LogP contribution in [0.5, 0.6) is 5.75 Å². The van der Waals surface area contributed by atoms with E-state index in [-0.39, 0.29) is 30.2 Å². The Balaban J connectivity index is 1.80. The van der Waals surface area contributed by atoms with Crippen LogP contribution in [0.15, 0.2) is 42.5 Å². The van der Waals surface area contributed by atoms with E-state index < -0.39 is 17.6 Å². The fraction of sp³-hybridized carbons (Fsp3) is 0.222. The summed E-state index contributed by atoms with van der Waals surface area (Å²) in [6.07, 6.45) is -4.49. The van der Waals surface area contributed by atoms with Gasteiger partial charge < -0.3 is 15.0 Å². The molecule has 0 saturated heterocycles. The molecule has 3 rings (SSSR count). The van der Waals surface area contributed by atoms with Crippen LogP contribution in [0.3, 0.4) is 0 Å². The molecule has 1 aliphatic heterocycles. The van der Waals surface area contributed by atoms with Gasteiger partial charge >= 0.3 is 6.18 Å². The van der Waals surface area contributed by atoms with E-state index >= 15 is 0 Å². The summed E-state index contributed by atoms with van der Waals surface area (Å²) >= 11 is 0. The van der Waals surface area contributed by atoms with Crippen molar-refractivity contribution >= 4 is 17.5 Å². The van der Waals surface area contributed by atoms with E-state index in [0.717, 1.165) is 6.07 Å². The lowest BCUT2D eigenvalue weighted by Crippen LogP contribution is -2.28. The molecule has 1 heterocycles. The molecule has 8 heteroatoms. The number of alkyl halides is 3. The molecule has 0 unspecified atom stereocenters. The summed E-state index contributed by atoms with van der Waals surface area (Å²) in [4.78, 5) is 25.0. The second-order valence-corrected chi connectivity index (χ2v) is 5.86. The molecule has 0 spiro atoms. The van der Waals surface area contributed by atoms with Crippen LogP contribution in [0, 0.1) is 0 Å². The van der Waals surface area contributed by atoms with E-state index in [1.807, 2.05) is 0 Å². The zero-order chi connectivity index (χ0) is 18.9. The predicted molar refractivity (Wildman–Crippen MR) is 87.8 cm³/mol. The maximum Gasteiger partial charge on any atom is 0.416 e. The van der Waals surface area contributed by atoms with E-state index in [4.69, 9.17) is 4.74 Å². The number of amides is 2. The molecule has 0 radical (unpaired) electrons. The average Bonchev–Trinajstić information content (AvgIpc) is 2.60. The first kappa shape index (κ1) is 17.8. The smallest absolute Gasteiger partial charge is 0.416 e. The van der Waals surface area contributed by atoms with Gasteiger partial charge in [0.1, 0.15) is 5.75 Å². The highest BCUT2D eigenvalue weighted by Crippen LogP contribution is 2.33. The molecule has 136 valence electrons. The Morgan fingerprint density at radius 2 is 1.96 bits per heavy atom. The predicted octanol–water partition coefficient (Wildman–Crippen LogP) is 3.31. The minimum atomic E-state index is -4.49. The molecule has 0 aromatic heterocycles. The first-order valence-electron chi connectivity index (χ1n) is 7.73. The van der Waals surface area contributed by atoms with Crippen molar-refractivity contribution in [2.24, 2.45) is 0 Å². The Bertz CT molecular complexity index is 865. The highest BCUT2D eigenvalue weighted by molar-refractivity contribution is 5.98. The van der Waals surface area contributed by atoms with Gasteiger partial charge in [-0.1, -0.05) is 18.2 Å². The molecule has 0 atom stereocenters. The van der Waals surface area contributed by atoms with Gasteiger partial charge in [-0.05, 0) is 29.8 Å². The summed E-state index contributed by atoms with van der Waals surface area (Å²) in [5, 5.41) is 2.61. The largest absolute Gasteiger partial charge is 0.482 e. The Labute approximate surface area is 147 Å². The molecule has 26 heavy (non-hydrogen) atoms. The normalized spacial score (nSPS) is 13.5. The molecule has 1 N–H and O–H groups in total. The Morgan fingerprint density at radius 1 is 1.23 bits per heavy atom. The van der Waals surface area contributed by atoms with Gasteiger partial charge in [0.15, 0.2) is 6.61 Å². The Morgan fingerprint density at radius 3 is 2.69 bits per heavy atom. The van der Waals surface area contributed by atoms with Gasteiger partial charge in [-0.3, -0.25) is 9.59 Å². The van der Waals surface area contributed by atoms with Crippen LogP contribution in [-0.4, -0.2) is 30.4 Å². The molecule has 2 aromatic rings. The minimum Gasteiger partial charge on any atom is -0.482 e. The summed E-state index contributed by atoms with van der Waals surface area (Å²) < 4.78 is 44.5. The second-order valence-electron chi connectivity index (χ2n) is 5.86. The third-order valence-electron chi connectivity index (χ3n) is 3.94. The molecule has 1 aliphatic rings. The van der Waals surface area contributed by atoms with Gasteiger partial charge in [-0.25, -0.2) is 0 Å². The van der Waals surface area contributed by atoms with Crippen molar-refractivity contribution in [2.75, 3.05) is 19.0 Å². The summed E-state index contributed by atoms with van der Waals surface area (Å²) in [7, 11) is 1.43. The number of benzene rings is 2. The van der Waals surface area contributed by atoms with E-state index in [9.17, 15) is 22.8 Å². The number of rotatable bonds is 3. The molecule has 0 aliphatic carbocycles. The first-order chi connectivity index (χ1) is 12.3. The topological polar surface area (TPSA) is 58.6 Å². The van der Waals surface area contributed by atoms with E-state index in [0.29, 0.717) is 11.4 Å². The van der Waals surface area contributed by atoms with Crippen LogP contribution in [0.25, 0.3) is 0 Å². The number of anilines is 1. The van der Waals surface area contributed by atoms with E-state index in [1.165, 1.54) is 48.3 Å². The zero-order valence-electron chi connectivity index (χ0n) is 13.8. The van der Waals surface area contributed by atoms with E-state index in [2.05, 4.69) is 5.32 Å². The highest BCUT2D eigenvalue weighted by Gasteiger charge is 2.33. The van der Waals surface area contributed by atoms with Gasteiger partial charge in [0.05, 0.1) is 11.3 Å². The molecule has 2 amide bonds. The zero-order valence-corrected chi connectivity index (χ0v) is 13.8. The number of ether oxygens (including phenoxy) is 1. The highest BCUT2D eigenvalue weighted by atomic mass is 19.4. The maximum absolute atomic E-state index is 13.1. The lowest BCUT2D eigenvalue weighted by molar-refractivity contribution is -0.138. The van der Waals surface area contributed by atoms with Crippen molar-refractivity contribution in [3.05, 3.63) is 59.2 Å². The number of halogens is 3. The molecule has 0 saturated carbocycles. The third-order valence-corrected chi connectivity index (χ3v) is 3.94. The Kier molecular flexibility index (Phi) is 4.58. The molecule has 5 nitrogen and oxygen atoms in total. The fourth-order valence-corrected chi connectivity index (χ4v) is 2.69. The number of carbonyl (C=O) groups excluding carboxylic acids is 2. The van der Waals surface area contributed by atoms with Crippen molar-refractivity contribution in [3.8, 4) is 5.75 Å². The average molecular weight is 364 g/mol. The molecule has 0 bridgehead atoms. The summed E-state index contributed by atoms with van der Waals surface area (Å²) in [5.41, 5.74) is -0.0526. The van der Waals surface area contributed by atoms with E-state index in [1.54, 1.807) is 0 Å². The van der Waals surface area contributed by atoms with Crippen LogP contribution in [0.4, 0.5) is 18.9 Å². The molecule has 0 fully saturated rings. The fourth-order valence-electron chi connectivity index (χ4n) is 2.69. The van der Waals surface area contributed by atoms with Crippen LogP contribution < -0.4 is 10.1 Å². The monoisotopic (exact) mass is 364 g/mol. The lowest BCUT2D eigenvalue weighted by Gasteiger charge is -2.22. The van der Waals surface area contributed by atoms with Crippen molar-refractivity contribution in [2.45, 2.75) is 12.7 Å². The minimum absolute atomic E-state index is 0.0114. The van der Waals surface area contributed by atoms with Crippen LogP contribution in [0.1, 0.15) is 21.5 Å². The quantitative estimate of drug-likeness (QED) is 0.909. The standard InChI is InChI=1S/C18H15F3N2O3/c1-23(9-12-4-2-3-5-13(12)18(19,20)21)17(25)11-6-7-14-15(8-11)26-10-16(24)22-14/h2-8H,9-10H2,1H3,(H,22,24). The SMILES string of the molecule is CN(Cc1ccccc1C(F)(F)F)C(=O)c1ccc2c(c1)OCC(=O)N2.